The number of hydrogen-bond donors (Lipinski definition) is 0. The molecule has 0 N–H and O–H groups in total. The lowest BCUT2D eigenvalue weighted by Crippen LogP contribution is -2.46. The second-order valence-electron chi connectivity index (χ2n) is 13.4. The van der Waals surface area contributed by atoms with E-state index in [1.807, 2.05) is 54.6 Å². The topological polar surface area (TPSA) is 87.9 Å². The molecular weight excluding hydrogens is 542 g/mol. The summed E-state index contributed by atoms with van der Waals surface area (Å²) in [5.74, 6) is -0.158. The molecule has 43 heavy (non-hydrogen) atoms. The molecule has 5 rings (SSSR count). The monoisotopic (exact) mass is 581 g/mol. The van der Waals surface area contributed by atoms with Crippen LogP contribution in [0, 0.1) is 20.9 Å². The molecule has 0 bridgehead atoms. The predicted octanol–water partition coefficient (Wildman–Crippen LogP) is 8.61. The fraction of sp³-hybridized carbons (Fsp3) is 0.361. The second kappa shape index (κ2) is 11.5. The minimum absolute atomic E-state index is 0.0922. The number of ether oxygens (including phenoxy) is 3. The molecule has 0 aromatic heterocycles. The third-order valence-electron chi connectivity index (χ3n) is 7.98. The Bertz CT molecular complexity index is 1550. The van der Waals surface area contributed by atoms with Crippen molar-refractivity contribution in [2.24, 2.45) is 10.8 Å². The van der Waals surface area contributed by atoms with Crippen molar-refractivity contribution in [1.29, 1.82) is 0 Å². The SMILES string of the molecule is CC(C)(C)[C@H]1O[C@@H](C(C)(C)C)[C@](C2=CC(OC(=O)c3ccc([N+](=O)[O-])cc3)=C(c3ccccc3)CC2)(c2ccccc2)O1. The molecule has 2 aliphatic rings. The molecule has 7 heteroatoms. The van der Waals surface area contributed by atoms with Crippen LogP contribution in [0.1, 0.15) is 75.9 Å². The van der Waals surface area contributed by atoms with Gasteiger partial charge in [-0.05, 0) is 53.2 Å². The second-order valence-corrected chi connectivity index (χ2v) is 13.4. The van der Waals surface area contributed by atoms with Gasteiger partial charge >= 0.3 is 5.97 Å². The van der Waals surface area contributed by atoms with Gasteiger partial charge in [-0.25, -0.2) is 4.79 Å². The molecule has 0 amide bonds. The Balaban J connectivity index is 1.66. The van der Waals surface area contributed by atoms with E-state index in [1.54, 1.807) is 0 Å². The maximum Gasteiger partial charge on any atom is 0.343 e. The van der Waals surface area contributed by atoms with Gasteiger partial charge in [-0.3, -0.25) is 10.1 Å². The highest BCUT2D eigenvalue weighted by Crippen LogP contribution is 2.55. The number of carbonyl (C=O) groups excluding carboxylic acids is 1. The zero-order chi connectivity index (χ0) is 31.0. The summed E-state index contributed by atoms with van der Waals surface area (Å²) in [6.45, 7) is 12.8. The van der Waals surface area contributed by atoms with Crippen molar-refractivity contribution < 1.29 is 23.9 Å². The Morgan fingerprint density at radius 3 is 2.02 bits per heavy atom. The molecule has 0 unspecified atom stereocenters. The third-order valence-corrected chi connectivity index (χ3v) is 7.98. The number of non-ortho nitro benzene ring substituents is 1. The first kappa shape index (κ1) is 30.4. The molecule has 3 aromatic rings. The molecular formula is C36H39NO6. The number of hydrogen-bond acceptors (Lipinski definition) is 6. The van der Waals surface area contributed by atoms with Crippen LogP contribution in [-0.2, 0) is 19.8 Å². The number of carbonyl (C=O) groups is 1. The van der Waals surface area contributed by atoms with Gasteiger partial charge in [-0.2, -0.15) is 0 Å². The Morgan fingerprint density at radius 2 is 1.47 bits per heavy atom. The zero-order valence-electron chi connectivity index (χ0n) is 25.6. The molecule has 1 saturated heterocycles. The average molecular weight is 582 g/mol. The van der Waals surface area contributed by atoms with Crippen LogP contribution in [0.25, 0.3) is 5.57 Å². The maximum atomic E-state index is 13.4. The van der Waals surface area contributed by atoms with Crippen LogP contribution in [0.4, 0.5) is 5.69 Å². The van der Waals surface area contributed by atoms with Crippen molar-refractivity contribution in [3.05, 3.63) is 129 Å². The van der Waals surface area contributed by atoms with Crippen LogP contribution in [0.2, 0.25) is 0 Å². The van der Waals surface area contributed by atoms with Crippen molar-refractivity contribution in [3.63, 3.8) is 0 Å². The molecule has 0 saturated carbocycles. The van der Waals surface area contributed by atoms with Gasteiger partial charge in [0.25, 0.3) is 5.69 Å². The first-order valence-corrected chi connectivity index (χ1v) is 14.7. The fourth-order valence-corrected chi connectivity index (χ4v) is 5.90. The van der Waals surface area contributed by atoms with Gasteiger partial charge in [0.05, 0.1) is 10.5 Å². The maximum absolute atomic E-state index is 13.4. The van der Waals surface area contributed by atoms with E-state index in [0.29, 0.717) is 18.6 Å². The third kappa shape index (κ3) is 6.05. The molecule has 1 fully saturated rings. The smallest absolute Gasteiger partial charge is 0.343 e. The van der Waals surface area contributed by atoms with Gasteiger partial charge < -0.3 is 14.2 Å². The minimum Gasteiger partial charge on any atom is -0.423 e. The summed E-state index contributed by atoms with van der Waals surface area (Å²) in [4.78, 5) is 24.1. The molecule has 1 heterocycles. The van der Waals surface area contributed by atoms with Crippen molar-refractivity contribution in [2.75, 3.05) is 0 Å². The Morgan fingerprint density at radius 1 is 0.860 bits per heavy atom. The summed E-state index contributed by atoms with van der Waals surface area (Å²) in [6.07, 6.45) is 2.44. The molecule has 0 radical (unpaired) electrons. The lowest BCUT2D eigenvalue weighted by atomic mass is 9.69. The van der Waals surface area contributed by atoms with Crippen LogP contribution < -0.4 is 0 Å². The molecule has 1 aliphatic heterocycles. The highest BCUT2D eigenvalue weighted by molar-refractivity contribution is 5.91. The highest BCUT2D eigenvalue weighted by Gasteiger charge is 2.59. The average Bonchev–Trinajstić information content (AvgIpc) is 3.42. The Kier molecular flexibility index (Phi) is 8.16. The van der Waals surface area contributed by atoms with Crippen molar-refractivity contribution >= 4 is 17.2 Å². The largest absolute Gasteiger partial charge is 0.423 e. The first-order valence-electron chi connectivity index (χ1n) is 14.7. The summed E-state index contributed by atoms with van der Waals surface area (Å²) >= 11 is 0. The lowest BCUT2D eigenvalue weighted by Gasteiger charge is -2.42. The molecule has 0 spiro atoms. The quantitative estimate of drug-likeness (QED) is 0.165. The van der Waals surface area contributed by atoms with E-state index in [-0.39, 0.29) is 28.2 Å². The van der Waals surface area contributed by atoms with Gasteiger partial charge in [-0.15, -0.1) is 0 Å². The van der Waals surface area contributed by atoms with Crippen LogP contribution >= 0.6 is 0 Å². The van der Waals surface area contributed by atoms with Gasteiger partial charge in [0.15, 0.2) is 6.29 Å². The van der Waals surface area contributed by atoms with E-state index in [9.17, 15) is 14.9 Å². The van der Waals surface area contributed by atoms with E-state index in [0.717, 1.165) is 22.3 Å². The molecule has 3 aromatic carbocycles. The van der Waals surface area contributed by atoms with Gasteiger partial charge in [0.1, 0.15) is 17.5 Å². The van der Waals surface area contributed by atoms with E-state index in [1.165, 1.54) is 24.3 Å². The first-order chi connectivity index (χ1) is 20.3. The normalized spacial score (nSPS) is 22.7. The molecule has 7 nitrogen and oxygen atoms in total. The Labute approximate surface area is 253 Å². The van der Waals surface area contributed by atoms with E-state index in [4.69, 9.17) is 14.2 Å². The van der Waals surface area contributed by atoms with Crippen molar-refractivity contribution in [3.8, 4) is 0 Å². The van der Waals surface area contributed by atoms with Crippen LogP contribution in [-0.4, -0.2) is 23.3 Å². The summed E-state index contributed by atoms with van der Waals surface area (Å²) in [5, 5.41) is 11.1. The van der Waals surface area contributed by atoms with Crippen molar-refractivity contribution in [2.45, 2.75) is 72.4 Å². The van der Waals surface area contributed by atoms with E-state index >= 15 is 0 Å². The summed E-state index contributed by atoms with van der Waals surface area (Å²) in [7, 11) is 0. The van der Waals surface area contributed by atoms with Crippen LogP contribution in [0.3, 0.4) is 0 Å². The number of allylic oxidation sites excluding steroid dienone is 2. The summed E-state index contributed by atoms with van der Waals surface area (Å²) in [5.41, 5.74) is 2.44. The standard InChI is InChI=1S/C36H39NO6/c1-34(2,3)32-36(26-15-11-8-12-16-26,43-33(42-32)35(4,5)6)27-19-22-29(24-13-9-7-10-14-24)30(23-27)41-31(38)25-17-20-28(21-18-25)37(39)40/h7-18,20-21,23,32-33H,19,22H2,1-6H3/t32-,33-,36+/m0/s1. The molecule has 3 atom stereocenters. The van der Waals surface area contributed by atoms with Gasteiger partial charge in [0, 0.05) is 23.1 Å². The number of esters is 1. The van der Waals surface area contributed by atoms with Gasteiger partial charge in [-0.1, -0.05) is 102 Å². The number of benzene rings is 3. The zero-order valence-corrected chi connectivity index (χ0v) is 25.6. The number of nitrogens with zero attached hydrogens (tertiary/aromatic N) is 1. The van der Waals surface area contributed by atoms with Crippen LogP contribution in [0.5, 0.6) is 0 Å². The predicted molar refractivity (Wildman–Crippen MR) is 166 cm³/mol. The van der Waals surface area contributed by atoms with Gasteiger partial charge in [0.2, 0.25) is 0 Å². The number of rotatable bonds is 6. The summed E-state index contributed by atoms with van der Waals surface area (Å²) < 4.78 is 20.0. The highest BCUT2D eigenvalue weighted by atomic mass is 16.7. The number of nitro groups is 1. The lowest BCUT2D eigenvalue weighted by molar-refractivity contribution is -0.384. The number of nitro benzene ring substituents is 1. The molecule has 224 valence electrons. The minimum atomic E-state index is -0.926. The summed E-state index contributed by atoms with van der Waals surface area (Å²) in [6, 6.07) is 25.5. The van der Waals surface area contributed by atoms with Crippen molar-refractivity contribution in [1.82, 2.24) is 0 Å². The fourth-order valence-electron chi connectivity index (χ4n) is 5.90. The van der Waals surface area contributed by atoms with E-state index in [2.05, 4.69) is 53.7 Å². The molecule has 1 aliphatic carbocycles. The van der Waals surface area contributed by atoms with Crippen LogP contribution in [0.15, 0.2) is 102 Å². The van der Waals surface area contributed by atoms with E-state index < -0.39 is 22.8 Å². The Hall–Kier alpha value is -4.07.